The minimum Gasteiger partial charge on any atom is -0.508 e. The van der Waals surface area contributed by atoms with E-state index in [4.69, 9.17) is 4.74 Å². The minimum absolute atomic E-state index is 0.0626. The van der Waals surface area contributed by atoms with Gasteiger partial charge in [0.05, 0.1) is 11.8 Å². The van der Waals surface area contributed by atoms with E-state index in [0.29, 0.717) is 12.4 Å². The lowest BCUT2D eigenvalue weighted by molar-refractivity contribution is 0.0952. The molecule has 6 heteroatoms. The summed E-state index contributed by atoms with van der Waals surface area (Å²) in [6.07, 6.45) is 1.47. The fraction of sp³-hybridized carbons (Fsp3) is 0.0909. The van der Waals surface area contributed by atoms with Gasteiger partial charge in [-0.25, -0.2) is 5.43 Å². The largest absolute Gasteiger partial charge is 0.508 e. The molecule has 3 N–H and O–H groups in total. The summed E-state index contributed by atoms with van der Waals surface area (Å²) in [6.45, 7) is 2.49. The molecule has 3 aromatic carbocycles. The van der Waals surface area contributed by atoms with Gasteiger partial charge < -0.3 is 14.9 Å². The summed E-state index contributed by atoms with van der Waals surface area (Å²) in [7, 11) is 0. The molecular weight excluding hydrogens is 356 g/mol. The number of phenolic OH excluding ortho intramolecular Hbond substituents is 2. The number of hydrogen-bond acceptors (Lipinski definition) is 5. The number of amides is 1. The second-order valence-corrected chi connectivity index (χ2v) is 6.25. The molecule has 0 aliphatic rings. The molecule has 3 rings (SSSR count). The Balaban J connectivity index is 1.60. The van der Waals surface area contributed by atoms with Crippen LogP contribution in [0, 0.1) is 6.92 Å². The maximum Gasteiger partial charge on any atom is 0.275 e. The molecule has 0 fully saturated rings. The topological polar surface area (TPSA) is 91.2 Å². The van der Waals surface area contributed by atoms with Crippen LogP contribution >= 0.6 is 0 Å². The molecule has 0 aliphatic heterocycles. The molecule has 0 radical (unpaired) electrons. The summed E-state index contributed by atoms with van der Waals surface area (Å²) in [5.74, 6) is -0.304. The highest BCUT2D eigenvalue weighted by Crippen LogP contribution is 2.21. The van der Waals surface area contributed by atoms with Crippen LogP contribution in [0.15, 0.2) is 71.8 Å². The molecule has 0 saturated heterocycles. The fourth-order valence-corrected chi connectivity index (χ4v) is 2.58. The van der Waals surface area contributed by atoms with Gasteiger partial charge in [-0.1, -0.05) is 42.0 Å². The van der Waals surface area contributed by atoms with E-state index < -0.39 is 5.91 Å². The number of carbonyl (C=O) groups is 1. The predicted octanol–water partition coefficient (Wildman–Crippen LogP) is 3.75. The molecule has 0 unspecified atom stereocenters. The second-order valence-electron chi connectivity index (χ2n) is 6.25. The van der Waals surface area contributed by atoms with Crippen molar-refractivity contribution in [3.63, 3.8) is 0 Å². The number of carbonyl (C=O) groups excluding carboxylic acids is 1. The maximum atomic E-state index is 12.0. The van der Waals surface area contributed by atoms with Crippen molar-refractivity contribution in [3.8, 4) is 17.2 Å². The third kappa shape index (κ3) is 5.11. The summed E-state index contributed by atoms with van der Waals surface area (Å²) >= 11 is 0. The average molecular weight is 376 g/mol. The first-order chi connectivity index (χ1) is 13.5. The van der Waals surface area contributed by atoms with E-state index in [-0.39, 0.29) is 17.1 Å². The SMILES string of the molecule is Cc1cccc(COc2cccc(/C=N/NC(=O)c3cc(O)ccc3O)c2)c1. The molecule has 142 valence electrons. The number of aryl methyl sites for hydroxylation is 1. The average Bonchev–Trinajstić information content (AvgIpc) is 2.68. The Morgan fingerprint density at radius 2 is 1.89 bits per heavy atom. The molecule has 1 amide bonds. The maximum absolute atomic E-state index is 12.0. The lowest BCUT2D eigenvalue weighted by atomic mass is 10.1. The molecule has 0 aromatic heterocycles. The van der Waals surface area contributed by atoms with Gasteiger partial charge in [-0.2, -0.15) is 5.10 Å². The van der Waals surface area contributed by atoms with Gasteiger partial charge >= 0.3 is 0 Å². The molecule has 0 bridgehead atoms. The third-order valence-electron chi connectivity index (χ3n) is 3.95. The van der Waals surface area contributed by atoms with Crippen LogP contribution in [-0.4, -0.2) is 22.3 Å². The second kappa shape index (κ2) is 8.73. The van der Waals surface area contributed by atoms with Gasteiger partial charge in [-0.3, -0.25) is 4.79 Å². The zero-order chi connectivity index (χ0) is 19.9. The van der Waals surface area contributed by atoms with Crippen molar-refractivity contribution in [2.24, 2.45) is 5.10 Å². The number of phenols is 2. The van der Waals surface area contributed by atoms with Crippen LogP contribution in [0.4, 0.5) is 0 Å². The van der Waals surface area contributed by atoms with Crippen LogP contribution in [0.1, 0.15) is 27.0 Å². The van der Waals surface area contributed by atoms with Gasteiger partial charge in [-0.05, 0) is 48.4 Å². The Morgan fingerprint density at radius 3 is 2.71 bits per heavy atom. The quantitative estimate of drug-likeness (QED) is 0.347. The molecule has 28 heavy (non-hydrogen) atoms. The van der Waals surface area contributed by atoms with E-state index in [1.165, 1.54) is 30.0 Å². The van der Waals surface area contributed by atoms with Crippen LogP contribution in [0.2, 0.25) is 0 Å². The molecule has 3 aromatic rings. The van der Waals surface area contributed by atoms with Crippen LogP contribution in [-0.2, 0) is 6.61 Å². The number of nitrogens with one attached hydrogen (secondary N) is 1. The highest BCUT2D eigenvalue weighted by Gasteiger charge is 2.11. The smallest absolute Gasteiger partial charge is 0.275 e. The van der Waals surface area contributed by atoms with Crippen LogP contribution in [0.25, 0.3) is 0 Å². The van der Waals surface area contributed by atoms with Gasteiger partial charge in [0.15, 0.2) is 0 Å². The van der Waals surface area contributed by atoms with Crippen LogP contribution < -0.4 is 10.2 Å². The normalized spacial score (nSPS) is 10.8. The highest BCUT2D eigenvalue weighted by molar-refractivity contribution is 5.97. The molecule has 0 saturated carbocycles. The van der Waals surface area contributed by atoms with Crippen molar-refractivity contribution in [2.45, 2.75) is 13.5 Å². The van der Waals surface area contributed by atoms with Gasteiger partial charge in [0.2, 0.25) is 0 Å². The van der Waals surface area contributed by atoms with Crippen molar-refractivity contribution in [1.82, 2.24) is 5.43 Å². The number of hydrazone groups is 1. The number of benzene rings is 3. The molecule has 0 spiro atoms. The predicted molar refractivity (Wildman–Crippen MR) is 107 cm³/mol. The van der Waals surface area contributed by atoms with Crippen molar-refractivity contribution in [3.05, 3.63) is 89.0 Å². The summed E-state index contributed by atoms with van der Waals surface area (Å²) in [5, 5.41) is 23.0. The first-order valence-corrected chi connectivity index (χ1v) is 8.65. The summed E-state index contributed by atoms with van der Waals surface area (Å²) < 4.78 is 5.80. The molecule has 0 aliphatic carbocycles. The Kier molecular flexibility index (Phi) is 5.91. The standard InChI is InChI=1S/C22H20N2O4/c1-15-4-2-6-17(10-15)14-28-19-7-3-5-16(11-19)13-23-24-22(27)20-12-18(25)8-9-21(20)26/h2-13,25-26H,14H2,1H3,(H,24,27)/b23-13+. The Hall–Kier alpha value is -3.80. The van der Waals surface area contributed by atoms with E-state index in [1.807, 2.05) is 43.3 Å². The van der Waals surface area contributed by atoms with Crippen LogP contribution in [0.5, 0.6) is 17.2 Å². The lowest BCUT2D eigenvalue weighted by Gasteiger charge is -2.07. The Bertz CT molecular complexity index is 1010. The first-order valence-electron chi connectivity index (χ1n) is 8.65. The van der Waals surface area contributed by atoms with E-state index in [0.717, 1.165) is 11.1 Å². The third-order valence-corrected chi connectivity index (χ3v) is 3.95. The van der Waals surface area contributed by atoms with Crippen molar-refractivity contribution in [1.29, 1.82) is 0 Å². The first kappa shape index (κ1) is 19.0. The number of nitrogens with zero attached hydrogens (tertiary/aromatic N) is 1. The van der Waals surface area contributed by atoms with E-state index in [2.05, 4.69) is 16.6 Å². The van der Waals surface area contributed by atoms with Gasteiger partial charge in [0, 0.05) is 0 Å². The summed E-state index contributed by atoms with van der Waals surface area (Å²) in [6, 6.07) is 19.1. The van der Waals surface area contributed by atoms with Crippen molar-refractivity contribution in [2.75, 3.05) is 0 Å². The molecule has 0 heterocycles. The number of aromatic hydroxyl groups is 2. The lowest BCUT2D eigenvalue weighted by Crippen LogP contribution is -2.17. The number of rotatable bonds is 6. The monoisotopic (exact) mass is 376 g/mol. The zero-order valence-electron chi connectivity index (χ0n) is 15.3. The van der Waals surface area contributed by atoms with Gasteiger partial charge in [-0.15, -0.1) is 0 Å². The molecular formula is C22H20N2O4. The van der Waals surface area contributed by atoms with E-state index >= 15 is 0 Å². The highest BCUT2D eigenvalue weighted by atomic mass is 16.5. The molecule has 6 nitrogen and oxygen atoms in total. The number of ether oxygens (including phenoxy) is 1. The Labute approximate surface area is 162 Å². The van der Waals surface area contributed by atoms with Crippen molar-refractivity contribution < 1.29 is 19.7 Å². The van der Waals surface area contributed by atoms with Crippen molar-refractivity contribution >= 4 is 12.1 Å². The van der Waals surface area contributed by atoms with E-state index in [1.54, 1.807) is 6.07 Å². The van der Waals surface area contributed by atoms with Gasteiger partial charge in [0.1, 0.15) is 23.9 Å². The van der Waals surface area contributed by atoms with Gasteiger partial charge in [0.25, 0.3) is 5.91 Å². The molecule has 0 atom stereocenters. The minimum atomic E-state index is -0.628. The van der Waals surface area contributed by atoms with Crippen LogP contribution in [0.3, 0.4) is 0 Å². The summed E-state index contributed by atoms with van der Waals surface area (Å²) in [5.41, 5.74) is 5.25. The zero-order valence-corrected chi connectivity index (χ0v) is 15.3. The summed E-state index contributed by atoms with van der Waals surface area (Å²) in [4.78, 5) is 12.0. The Morgan fingerprint density at radius 1 is 1.07 bits per heavy atom. The fourth-order valence-electron chi connectivity index (χ4n) is 2.58. The van der Waals surface area contributed by atoms with E-state index in [9.17, 15) is 15.0 Å². The number of hydrogen-bond donors (Lipinski definition) is 3.